The third-order valence-electron chi connectivity index (χ3n) is 8.69. The summed E-state index contributed by atoms with van der Waals surface area (Å²) in [5.41, 5.74) is 0.507. The molecule has 1 heterocycles. The zero-order valence-electron chi connectivity index (χ0n) is 27.9. The summed E-state index contributed by atoms with van der Waals surface area (Å²) in [7, 11) is -4.59. The third kappa shape index (κ3) is 7.69. The smallest absolute Gasteiger partial charge is 0.336 e. The Balaban J connectivity index is 1.44. The van der Waals surface area contributed by atoms with Crippen molar-refractivity contribution >= 4 is 33.8 Å². The van der Waals surface area contributed by atoms with E-state index in [0.29, 0.717) is 35.1 Å². The van der Waals surface area contributed by atoms with Crippen molar-refractivity contribution in [2.45, 2.75) is 43.8 Å². The van der Waals surface area contributed by atoms with Gasteiger partial charge in [-0.25, -0.2) is 19.3 Å². The van der Waals surface area contributed by atoms with Crippen molar-refractivity contribution in [2.75, 3.05) is 0 Å². The van der Waals surface area contributed by atoms with Gasteiger partial charge in [0.2, 0.25) is 0 Å². The molecule has 12 nitrogen and oxygen atoms in total. The number of benzene rings is 4. The average molecular weight is 720 g/mol. The molecule has 1 aromatic heterocycles. The fraction of sp³-hybridized carbons (Fsp3) is 0.154. The molecule has 3 N–H and O–H groups in total. The highest BCUT2D eigenvalue weighted by atomic mass is 32.2. The lowest BCUT2D eigenvalue weighted by atomic mass is 9.86. The second-order valence-electron chi connectivity index (χ2n) is 12.3. The van der Waals surface area contributed by atoms with Crippen LogP contribution >= 0.6 is 0 Å². The zero-order valence-corrected chi connectivity index (χ0v) is 28.7. The summed E-state index contributed by atoms with van der Waals surface area (Å²) >= 11 is 0. The Kier molecular flexibility index (Phi) is 10.1. The highest BCUT2D eigenvalue weighted by Gasteiger charge is 2.34. The molecule has 0 bridgehead atoms. The van der Waals surface area contributed by atoms with Crippen molar-refractivity contribution in [3.63, 3.8) is 0 Å². The van der Waals surface area contributed by atoms with E-state index >= 15 is 0 Å². The fourth-order valence-corrected chi connectivity index (χ4v) is 7.12. The van der Waals surface area contributed by atoms with Crippen LogP contribution < -0.4 is 9.46 Å². The summed E-state index contributed by atoms with van der Waals surface area (Å²) in [5, 5.41) is 19.7. The van der Waals surface area contributed by atoms with E-state index in [1.807, 2.05) is 47.2 Å². The van der Waals surface area contributed by atoms with Crippen LogP contribution in [-0.2, 0) is 23.0 Å². The summed E-state index contributed by atoms with van der Waals surface area (Å²) in [6.07, 6.45) is 3.32. The molecule has 1 aliphatic carbocycles. The number of carboxylic acid groups (broad SMARTS) is 2. The van der Waals surface area contributed by atoms with E-state index < -0.39 is 67.1 Å². The molecule has 1 aliphatic rings. The second kappa shape index (κ2) is 14.9. The molecular formula is C39H33N3O9S. The van der Waals surface area contributed by atoms with Crippen LogP contribution in [-0.4, -0.2) is 52.3 Å². The molecule has 0 radical (unpaired) electrons. The molecule has 1 atom stereocenters. The number of aromatic carboxylic acids is 2. The van der Waals surface area contributed by atoms with Crippen LogP contribution in [0.5, 0.6) is 11.5 Å². The lowest BCUT2D eigenvalue weighted by Gasteiger charge is -2.36. The number of carbonyl (C=O) groups is 4. The van der Waals surface area contributed by atoms with Gasteiger partial charge in [0, 0.05) is 12.7 Å². The largest absolute Gasteiger partial charge is 0.478 e. The number of ether oxygens (including phenoxy) is 1. The number of amides is 2. The Morgan fingerprint density at radius 1 is 0.808 bits per heavy atom. The molecule has 0 saturated heterocycles. The van der Waals surface area contributed by atoms with Gasteiger partial charge >= 0.3 is 11.9 Å². The maximum Gasteiger partial charge on any atom is 0.336 e. The molecule has 13 heteroatoms. The van der Waals surface area contributed by atoms with E-state index in [2.05, 4.69) is 4.98 Å². The molecule has 6 rings (SSSR count). The number of hydrogen-bond acceptors (Lipinski definition) is 8. The van der Waals surface area contributed by atoms with E-state index in [1.54, 1.807) is 43.3 Å². The number of carboxylic acids is 2. The van der Waals surface area contributed by atoms with Gasteiger partial charge < -0.3 is 19.8 Å². The van der Waals surface area contributed by atoms with Gasteiger partial charge in [0.25, 0.3) is 21.8 Å². The quantitative estimate of drug-likeness (QED) is 0.138. The Morgan fingerprint density at radius 2 is 1.48 bits per heavy atom. The molecule has 0 saturated carbocycles. The fourth-order valence-electron chi connectivity index (χ4n) is 6.22. The van der Waals surface area contributed by atoms with E-state index in [0.717, 1.165) is 30.0 Å². The Labute approximate surface area is 299 Å². The standard InChI is InChI=1S/C39H33N3O9S/c1-24-17-18-35(40-22-24)52(49,50)41-36(43)30-20-31(33(39(47)48)21-32(30)38(45)46)37(44)42(34-16-8-11-26-10-5-6-15-29(26)34)23-25-9-7-14-28(19-25)51-27-12-3-2-4-13-27/h2-7,9-10,12-15,17-22,34H,8,11,16,23H2,1H3,(H,41,43)(H,45,46)(H,47,48)/t34-/m0/s1. The summed E-state index contributed by atoms with van der Waals surface area (Å²) in [4.78, 5) is 58.6. The molecule has 0 spiro atoms. The highest BCUT2D eigenvalue weighted by Crippen LogP contribution is 2.37. The number of para-hydroxylation sites is 1. The molecule has 264 valence electrons. The number of hydrogen-bond donors (Lipinski definition) is 3. The first-order valence-corrected chi connectivity index (χ1v) is 17.7. The predicted molar refractivity (Wildman–Crippen MR) is 189 cm³/mol. The molecular weight excluding hydrogens is 687 g/mol. The SMILES string of the molecule is Cc1ccc(S(=O)(=O)NC(=O)c2cc(C(=O)N(Cc3cccc(Oc4ccccc4)c3)[C@H]3CCCc4ccccc43)c(C(=O)O)cc2C(=O)O)nc1. The second-order valence-corrected chi connectivity index (χ2v) is 13.9. The summed E-state index contributed by atoms with van der Waals surface area (Å²) in [5.74, 6) is -4.40. The van der Waals surface area contributed by atoms with Crippen LogP contribution in [0, 0.1) is 6.92 Å². The normalized spacial score (nSPS) is 13.8. The number of fused-ring (bicyclic) bond motifs is 1. The summed E-state index contributed by atoms with van der Waals surface area (Å²) in [6, 6.07) is 27.5. The van der Waals surface area contributed by atoms with Gasteiger partial charge in [-0.15, -0.1) is 0 Å². The maximum atomic E-state index is 14.8. The van der Waals surface area contributed by atoms with Crippen LogP contribution in [0.15, 0.2) is 114 Å². The lowest BCUT2D eigenvalue weighted by molar-refractivity contribution is 0.0613. The first-order chi connectivity index (χ1) is 24.9. The number of carbonyl (C=O) groups excluding carboxylic acids is 2. The summed E-state index contributed by atoms with van der Waals surface area (Å²) in [6.45, 7) is 1.67. The van der Waals surface area contributed by atoms with Gasteiger partial charge in [0.05, 0.1) is 28.3 Å². The van der Waals surface area contributed by atoms with Gasteiger partial charge in [-0.2, -0.15) is 8.42 Å². The first-order valence-electron chi connectivity index (χ1n) is 16.3. The number of aromatic nitrogens is 1. The van der Waals surface area contributed by atoms with Crippen molar-refractivity contribution in [1.29, 1.82) is 0 Å². The number of sulfonamides is 1. The average Bonchev–Trinajstić information content (AvgIpc) is 3.13. The maximum absolute atomic E-state index is 14.8. The number of nitrogens with zero attached hydrogens (tertiary/aromatic N) is 2. The first kappa shape index (κ1) is 35.5. The van der Waals surface area contributed by atoms with Crippen LogP contribution in [0.1, 0.15) is 82.6 Å². The molecule has 52 heavy (non-hydrogen) atoms. The van der Waals surface area contributed by atoms with Crippen molar-refractivity contribution < 1.29 is 42.5 Å². The van der Waals surface area contributed by atoms with Crippen molar-refractivity contribution in [3.05, 3.63) is 154 Å². The van der Waals surface area contributed by atoms with Gasteiger partial charge in [-0.1, -0.05) is 60.7 Å². The van der Waals surface area contributed by atoms with Crippen molar-refractivity contribution in [3.8, 4) is 11.5 Å². The van der Waals surface area contributed by atoms with Crippen LogP contribution in [0.2, 0.25) is 0 Å². The minimum absolute atomic E-state index is 0.0153. The molecule has 0 unspecified atom stereocenters. The number of nitrogens with one attached hydrogen (secondary N) is 1. The predicted octanol–water partition coefficient (Wildman–Crippen LogP) is 6.42. The molecule has 0 fully saturated rings. The molecule has 2 amide bonds. The topological polar surface area (TPSA) is 180 Å². The highest BCUT2D eigenvalue weighted by molar-refractivity contribution is 7.90. The monoisotopic (exact) mass is 719 g/mol. The van der Waals surface area contributed by atoms with Crippen LogP contribution in [0.25, 0.3) is 0 Å². The number of pyridine rings is 1. The van der Waals surface area contributed by atoms with Gasteiger partial charge in [0.1, 0.15) is 11.5 Å². The lowest BCUT2D eigenvalue weighted by Crippen LogP contribution is -2.38. The van der Waals surface area contributed by atoms with Crippen LogP contribution in [0.4, 0.5) is 0 Å². The van der Waals surface area contributed by atoms with Gasteiger partial charge in [-0.05, 0) is 90.9 Å². The molecule has 5 aromatic rings. The van der Waals surface area contributed by atoms with E-state index in [-0.39, 0.29) is 6.54 Å². The summed E-state index contributed by atoms with van der Waals surface area (Å²) < 4.78 is 33.9. The Morgan fingerprint density at radius 3 is 2.19 bits per heavy atom. The minimum atomic E-state index is -4.59. The van der Waals surface area contributed by atoms with Crippen molar-refractivity contribution in [2.24, 2.45) is 0 Å². The Bertz CT molecular complexity index is 2290. The molecule has 4 aromatic carbocycles. The van der Waals surface area contributed by atoms with E-state index in [1.165, 1.54) is 23.2 Å². The minimum Gasteiger partial charge on any atom is -0.478 e. The Hall–Kier alpha value is -6.34. The van der Waals surface area contributed by atoms with Crippen molar-refractivity contribution in [1.82, 2.24) is 14.6 Å². The number of rotatable bonds is 11. The zero-order chi connectivity index (χ0) is 37.0. The van der Waals surface area contributed by atoms with Gasteiger partial charge in [0.15, 0.2) is 5.03 Å². The third-order valence-corrected chi connectivity index (χ3v) is 9.93. The van der Waals surface area contributed by atoms with E-state index in [4.69, 9.17) is 4.74 Å². The molecule has 0 aliphatic heterocycles. The van der Waals surface area contributed by atoms with Crippen LogP contribution in [0.3, 0.4) is 0 Å². The van der Waals surface area contributed by atoms with Gasteiger partial charge in [-0.3, -0.25) is 9.59 Å². The van der Waals surface area contributed by atoms with E-state index in [9.17, 15) is 37.8 Å². The number of aryl methyl sites for hydroxylation is 2.